The van der Waals surface area contributed by atoms with Crippen LogP contribution >= 0.6 is 11.6 Å². The number of amides is 4. The van der Waals surface area contributed by atoms with Gasteiger partial charge >= 0.3 is 30.0 Å². The second-order valence-corrected chi connectivity index (χ2v) is 20.4. The molecule has 4 aromatic heterocycles. The van der Waals surface area contributed by atoms with E-state index in [2.05, 4.69) is 32.8 Å². The molecule has 0 aliphatic carbocycles. The molecule has 4 aliphatic heterocycles. The molecule has 0 saturated carbocycles. The molecule has 2 fully saturated rings. The van der Waals surface area contributed by atoms with Crippen LogP contribution in [0.25, 0.3) is 22.3 Å². The van der Waals surface area contributed by atoms with Gasteiger partial charge in [0, 0.05) is 72.5 Å². The summed E-state index contributed by atoms with van der Waals surface area (Å²) in [4.78, 5) is 100. The Morgan fingerprint density at radius 2 is 1.57 bits per heavy atom. The SMILES string of the molecule is CCc1c2c(nc3ccc(OC(=O)N4CCC(N5CCCCC5)CC4)cc13)-c1cc3c(c(=O)n1C2)COC(=O)[C@]3(O)CC.CNC(=O)c1cc(Oc2ccc(NC(=O)Nc3ccc(Cl)c(C(F)(F)F)c3)cc2)ccn1.O=c1[nH]cc(F)c(=O)[nH]1. The van der Waals surface area contributed by atoms with Crippen LogP contribution in [0.1, 0.15) is 90.7 Å². The molecule has 84 heavy (non-hydrogen) atoms. The number of cyclic esters (lactones) is 1. The molecule has 7 aromatic rings. The summed E-state index contributed by atoms with van der Waals surface area (Å²) in [6.07, 6.45) is 3.76. The van der Waals surface area contributed by atoms with Gasteiger partial charge in [-0.15, -0.1) is 0 Å². The van der Waals surface area contributed by atoms with Crippen LogP contribution in [0, 0.1) is 5.82 Å². The Bertz CT molecular complexity index is 3840. The third kappa shape index (κ3) is 13.1. The molecule has 6 N–H and O–H groups in total. The van der Waals surface area contributed by atoms with Gasteiger partial charge in [-0.25, -0.2) is 24.2 Å². The van der Waals surface area contributed by atoms with E-state index in [1.165, 1.54) is 57.7 Å². The molecule has 4 amide bonds. The van der Waals surface area contributed by atoms with E-state index >= 15 is 0 Å². The van der Waals surface area contributed by atoms with Crippen LogP contribution in [-0.4, -0.2) is 103 Å². The van der Waals surface area contributed by atoms with Crippen molar-refractivity contribution in [3.8, 4) is 28.6 Å². The monoisotopic (exact) mass is 1180 g/mol. The summed E-state index contributed by atoms with van der Waals surface area (Å²) >= 11 is 5.57. The van der Waals surface area contributed by atoms with E-state index < -0.39 is 51.4 Å². The zero-order valence-electron chi connectivity index (χ0n) is 45.6. The molecular weight excluding hydrogens is 1120 g/mol. The number of aromatic amines is 2. The van der Waals surface area contributed by atoms with Gasteiger partial charge in [0.2, 0.25) is 5.82 Å². The number of aliphatic hydroxyl groups is 1. The first-order valence-electron chi connectivity index (χ1n) is 26.9. The van der Waals surface area contributed by atoms with E-state index in [-0.39, 0.29) is 42.0 Å². The topological polar surface area (TPSA) is 272 Å². The number of ether oxygens (including phenoxy) is 3. The van der Waals surface area contributed by atoms with Crippen LogP contribution in [0.5, 0.6) is 17.2 Å². The first-order chi connectivity index (χ1) is 40.2. The normalized spacial score (nSPS) is 16.5. The molecule has 0 radical (unpaired) electrons. The van der Waals surface area contributed by atoms with Crippen molar-refractivity contribution in [3.05, 3.63) is 167 Å². The van der Waals surface area contributed by atoms with Gasteiger partial charge in [-0.3, -0.25) is 24.4 Å². The van der Waals surface area contributed by atoms with E-state index in [9.17, 15) is 56.2 Å². The van der Waals surface area contributed by atoms with Crippen molar-refractivity contribution in [2.24, 2.45) is 0 Å². The Hall–Kier alpha value is -8.94. The minimum atomic E-state index is -4.64. The number of pyridine rings is 3. The van der Waals surface area contributed by atoms with Crippen LogP contribution in [-0.2, 0) is 40.9 Å². The quantitative estimate of drug-likeness (QED) is 0.0582. The number of hydrogen-bond acceptors (Lipinski definition) is 14. The molecular formula is C58H57ClF4N10O11. The van der Waals surface area contributed by atoms with E-state index in [0.717, 1.165) is 47.0 Å². The van der Waals surface area contributed by atoms with Crippen molar-refractivity contribution in [3.63, 3.8) is 0 Å². The van der Waals surface area contributed by atoms with Gasteiger partial charge in [0.25, 0.3) is 17.0 Å². The highest BCUT2D eigenvalue weighted by Crippen LogP contribution is 2.41. The van der Waals surface area contributed by atoms with Crippen molar-refractivity contribution in [2.75, 3.05) is 43.9 Å². The summed E-state index contributed by atoms with van der Waals surface area (Å²) in [5.74, 6) is -0.797. The highest BCUT2D eigenvalue weighted by molar-refractivity contribution is 6.31. The molecule has 8 heterocycles. The Balaban J connectivity index is 0.000000181. The standard InChI is InChI=1S/C33H38N4O6.C21H16ClF3N4O3.C4H3FN2O2/c1-3-22-23-16-21(43-32(40)36-14-10-20(11-15-36)35-12-6-5-7-13-35)8-9-27(23)34-29-24(22)18-37-28(29)17-26-25(30(37)38)19-42-31(39)33(26,41)4-2;1-26-19(30)18-11-15(8-9-27-18)32-14-5-2-12(3-6-14)28-20(31)29-13-4-7-17(22)16(10-13)21(23,24)25;5-2-1-6-4(9)7-3(2)8/h8-9,16-17,20,41H,3-7,10-15,18-19H2,1-2H3;2-11H,1H3,(H,26,30)(H2,28,29,31);1H,(H2,6,7,8,9)/t33-;;/m0../s1. The number of halogens is 5. The minimum absolute atomic E-state index is 0.0659. The zero-order valence-corrected chi connectivity index (χ0v) is 46.3. The summed E-state index contributed by atoms with van der Waals surface area (Å²) in [6.45, 7) is 7.65. The van der Waals surface area contributed by atoms with Crippen molar-refractivity contribution in [2.45, 2.75) is 89.8 Å². The number of likely N-dealkylation sites (tertiary alicyclic amines) is 2. The highest BCUT2D eigenvalue weighted by atomic mass is 35.5. The lowest BCUT2D eigenvalue weighted by molar-refractivity contribution is -0.172. The molecule has 0 unspecified atom stereocenters. The lowest BCUT2D eigenvalue weighted by Gasteiger charge is -2.39. The highest BCUT2D eigenvalue weighted by Gasteiger charge is 2.45. The van der Waals surface area contributed by atoms with Gasteiger partial charge in [0.05, 0.1) is 39.6 Å². The Morgan fingerprint density at radius 1 is 0.869 bits per heavy atom. The first kappa shape index (κ1) is 59.7. The van der Waals surface area contributed by atoms with Crippen molar-refractivity contribution in [1.29, 1.82) is 0 Å². The Morgan fingerprint density at radius 3 is 2.24 bits per heavy atom. The van der Waals surface area contributed by atoms with Gasteiger partial charge < -0.3 is 54.6 Å². The fraction of sp³-hybridized carbons (Fsp3) is 0.328. The van der Waals surface area contributed by atoms with E-state index in [0.29, 0.717) is 83.7 Å². The van der Waals surface area contributed by atoms with E-state index in [1.807, 2.05) is 22.0 Å². The summed E-state index contributed by atoms with van der Waals surface area (Å²) < 4.78 is 69.2. The largest absolute Gasteiger partial charge is 0.458 e. The van der Waals surface area contributed by atoms with Crippen LogP contribution < -0.4 is 42.2 Å². The first-order valence-corrected chi connectivity index (χ1v) is 27.3. The number of benzene rings is 3. The number of nitrogens with one attached hydrogen (secondary N) is 5. The average Bonchev–Trinajstić information content (AvgIpc) is 1.69. The van der Waals surface area contributed by atoms with Crippen LogP contribution in [0.4, 0.5) is 38.5 Å². The Labute approximate surface area is 480 Å². The number of aryl methyl sites for hydroxylation is 1. The number of urea groups is 1. The van der Waals surface area contributed by atoms with E-state index in [1.54, 1.807) is 58.9 Å². The van der Waals surface area contributed by atoms with Gasteiger partial charge in [0.1, 0.15) is 29.5 Å². The predicted octanol–water partition coefficient (Wildman–Crippen LogP) is 8.84. The second kappa shape index (κ2) is 25.3. The maximum atomic E-state index is 13.6. The number of nitrogens with zero attached hydrogens (tertiary/aromatic N) is 5. The van der Waals surface area contributed by atoms with Crippen LogP contribution in [0.2, 0.25) is 5.02 Å². The average molecular weight is 1180 g/mol. The third-order valence-corrected chi connectivity index (χ3v) is 15.1. The molecule has 26 heteroatoms. The summed E-state index contributed by atoms with van der Waals surface area (Å²) in [5, 5.41) is 18.9. The molecule has 0 bridgehead atoms. The fourth-order valence-electron chi connectivity index (χ4n) is 10.4. The molecule has 440 valence electrons. The number of anilines is 2. The summed E-state index contributed by atoms with van der Waals surface area (Å²) in [7, 11) is 1.49. The smallest absolute Gasteiger partial charge is 0.417 e. The predicted molar refractivity (Wildman–Crippen MR) is 301 cm³/mol. The molecule has 21 nitrogen and oxygen atoms in total. The summed E-state index contributed by atoms with van der Waals surface area (Å²) in [6, 6.07) is 19.4. The number of alkyl halides is 3. The molecule has 3 aromatic carbocycles. The number of piperidine rings is 2. The number of carbonyl (C=O) groups is 4. The van der Waals surface area contributed by atoms with Crippen LogP contribution in [0.15, 0.2) is 106 Å². The molecule has 1 atom stereocenters. The van der Waals surface area contributed by atoms with Gasteiger partial charge in [0.15, 0.2) is 5.60 Å². The van der Waals surface area contributed by atoms with Gasteiger partial charge in [-0.05, 0) is 130 Å². The van der Waals surface area contributed by atoms with Crippen molar-refractivity contribution < 1.29 is 56.1 Å². The number of hydrogen-bond donors (Lipinski definition) is 6. The van der Waals surface area contributed by atoms with Crippen molar-refractivity contribution >= 4 is 57.9 Å². The van der Waals surface area contributed by atoms with E-state index in [4.69, 9.17) is 30.8 Å². The molecule has 2 saturated heterocycles. The number of aromatic nitrogens is 5. The minimum Gasteiger partial charge on any atom is -0.458 e. The lowest BCUT2D eigenvalue weighted by atomic mass is 9.86. The number of esters is 1. The zero-order chi connectivity index (χ0) is 60.0. The fourth-order valence-corrected chi connectivity index (χ4v) is 10.7. The molecule has 0 spiro atoms. The Kier molecular flexibility index (Phi) is 18.0. The lowest BCUT2D eigenvalue weighted by Crippen LogP contribution is -2.48. The van der Waals surface area contributed by atoms with Gasteiger partial charge in [-0.1, -0.05) is 31.9 Å². The maximum absolute atomic E-state index is 13.6. The molecule has 11 rings (SSSR count). The molecule has 4 aliphatic rings. The van der Waals surface area contributed by atoms with Crippen LogP contribution in [0.3, 0.4) is 0 Å². The second-order valence-electron chi connectivity index (χ2n) is 20.0. The summed E-state index contributed by atoms with van der Waals surface area (Å²) in [5.41, 5.74) is 0.130. The van der Waals surface area contributed by atoms with Crippen molar-refractivity contribution in [1.82, 2.24) is 39.6 Å². The number of fused-ring (bicyclic) bond motifs is 5. The number of carbonyl (C=O) groups excluding carboxylic acids is 4. The van der Waals surface area contributed by atoms with Gasteiger partial charge in [-0.2, -0.15) is 17.6 Å². The number of H-pyrrole nitrogens is 2. The third-order valence-electron chi connectivity index (χ3n) is 14.8. The maximum Gasteiger partial charge on any atom is 0.417 e. The number of rotatable bonds is 9.